The van der Waals surface area contributed by atoms with Crippen LogP contribution in [0.1, 0.15) is 50.3 Å². The van der Waals surface area contributed by atoms with Crippen LogP contribution in [0.5, 0.6) is 11.8 Å². The molecule has 2 heterocycles. The van der Waals surface area contributed by atoms with Crippen LogP contribution in [-0.2, 0) is 26.2 Å². The molecule has 13 heteroatoms. The molecular weight excluding hydrogens is 506 g/mol. The Morgan fingerprint density at radius 1 is 0.833 bits per heavy atom. The second-order valence-electron chi connectivity index (χ2n) is 7.91. The Morgan fingerprint density at radius 3 is 1.61 bits per heavy atom. The molecule has 1 aromatic carbocycles. The van der Waals surface area contributed by atoms with Crippen LogP contribution in [0.3, 0.4) is 0 Å². The molecule has 36 heavy (non-hydrogen) atoms. The average molecular weight is 534 g/mol. The molecule has 192 valence electrons. The van der Waals surface area contributed by atoms with Crippen molar-refractivity contribution in [3.05, 3.63) is 81.3 Å². The van der Waals surface area contributed by atoms with Crippen molar-refractivity contribution < 1.29 is 15.1 Å². The van der Waals surface area contributed by atoms with Crippen molar-refractivity contribution in [1.82, 2.24) is 18.3 Å². The molecule has 2 N–H and O–H groups in total. The molecule has 0 aliphatic rings. The van der Waals surface area contributed by atoms with Crippen LogP contribution in [0.15, 0.2) is 33.9 Å². The molecule has 0 aliphatic carbocycles. The summed E-state index contributed by atoms with van der Waals surface area (Å²) < 4.78 is 5.38. The fourth-order valence-electron chi connectivity index (χ4n) is 4.35. The van der Waals surface area contributed by atoms with Crippen LogP contribution < -0.4 is 11.1 Å². The molecule has 0 radical (unpaired) electrons. The van der Waals surface area contributed by atoms with Crippen molar-refractivity contribution in [2.24, 2.45) is 0 Å². The first-order valence-corrected chi connectivity index (χ1v) is 12.2. The molecule has 0 amide bonds. The Hall–Kier alpha value is -3.58. The summed E-state index contributed by atoms with van der Waals surface area (Å²) in [5, 5.41) is 34.1. The van der Waals surface area contributed by atoms with Crippen molar-refractivity contribution in [2.75, 3.05) is 0 Å². The van der Waals surface area contributed by atoms with Gasteiger partial charge in [-0.3, -0.25) is 38.0 Å². The summed E-state index contributed by atoms with van der Waals surface area (Å²) in [5.41, 5.74) is -1.93. The van der Waals surface area contributed by atoms with Gasteiger partial charge in [0.25, 0.3) is 16.8 Å². The maximum Gasteiger partial charge on any atom is 0.269 e. The van der Waals surface area contributed by atoms with E-state index in [0.29, 0.717) is 0 Å². The van der Waals surface area contributed by atoms with Gasteiger partial charge in [0.1, 0.15) is 0 Å². The summed E-state index contributed by atoms with van der Waals surface area (Å²) in [7, 11) is 0. The van der Waals surface area contributed by atoms with Gasteiger partial charge >= 0.3 is 0 Å². The summed E-state index contributed by atoms with van der Waals surface area (Å²) in [4.78, 5) is 38.3. The SMILES string of the molecule is CCn1c(O)c(C(c2cccc([N+](=O)[O-])c2)c2c(O)n(CC)c(=S)n(CC)c2=O)c(=O)n(CC)c1=S. The summed E-state index contributed by atoms with van der Waals surface area (Å²) in [6, 6.07) is 5.39. The smallest absolute Gasteiger partial charge is 0.269 e. The van der Waals surface area contributed by atoms with Crippen LogP contribution in [0.2, 0.25) is 0 Å². The first kappa shape index (κ1) is 27.0. The van der Waals surface area contributed by atoms with Gasteiger partial charge in [-0.15, -0.1) is 0 Å². The Labute approximate surface area is 216 Å². The van der Waals surface area contributed by atoms with Crippen molar-refractivity contribution in [3.8, 4) is 11.8 Å². The van der Waals surface area contributed by atoms with E-state index in [4.69, 9.17) is 24.4 Å². The number of aromatic nitrogens is 4. The summed E-state index contributed by atoms with van der Waals surface area (Å²) in [5.74, 6) is -2.33. The normalized spacial score (nSPS) is 11.2. The molecule has 0 spiro atoms. The molecule has 0 saturated carbocycles. The monoisotopic (exact) mass is 533 g/mol. The van der Waals surface area contributed by atoms with Crippen molar-refractivity contribution >= 4 is 30.1 Å². The fourth-order valence-corrected chi connectivity index (χ4v) is 5.20. The van der Waals surface area contributed by atoms with Gasteiger partial charge in [0.05, 0.1) is 22.0 Å². The van der Waals surface area contributed by atoms with Gasteiger partial charge in [0.15, 0.2) is 9.54 Å². The summed E-state index contributed by atoms with van der Waals surface area (Å²) in [6.45, 7) is 7.65. The van der Waals surface area contributed by atoms with Crippen LogP contribution in [-0.4, -0.2) is 33.4 Å². The zero-order chi connectivity index (χ0) is 26.9. The van der Waals surface area contributed by atoms with Gasteiger partial charge in [0.2, 0.25) is 11.8 Å². The Kier molecular flexibility index (Phi) is 7.94. The van der Waals surface area contributed by atoms with E-state index in [1.54, 1.807) is 27.7 Å². The van der Waals surface area contributed by atoms with E-state index in [1.165, 1.54) is 42.5 Å². The molecule has 3 rings (SSSR count). The molecule has 2 aromatic heterocycles. The second-order valence-corrected chi connectivity index (χ2v) is 8.64. The van der Waals surface area contributed by atoms with E-state index in [0.717, 1.165) is 0 Å². The topological polar surface area (TPSA) is 137 Å². The largest absolute Gasteiger partial charge is 0.494 e. The third-order valence-corrected chi connectivity index (χ3v) is 7.01. The lowest BCUT2D eigenvalue weighted by molar-refractivity contribution is -0.384. The van der Waals surface area contributed by atoms with Gasteiger partial charge in [-0.2, -0.15) is 0 Å². The molecule has 0 fully saturated rings. The number of nitro benzene ring substituents is 1. The molecule has 0 saturated heterocycles. The quantitative estimate of drug-likeness (QED) is 0.254. The second kappa shape index (κ2) is 10.6. The van der Waals surface area contributed by atoms with Gasteiger partial charge < -0.3 is 10.2 Å². The van der Waals surface area contributed by atoms with Gasteiger partial charge in [-0.05, 0) is 57.7 Å². The van der Waals surface area contributed by atoms with E-state index < -0.39 is 33.7 Å². The Morgan fingerprint density at radius 2 is 1.25 bits per heavy atom. The number of nitrogens with zero attached hydrogens (tertiary/aromatic N) is 5. The molecule has 11 nitrogen and oxygen atoms in total. The predicted octanol–water partition coefficient (Wildman–Crippen LogP) is 3.65. The highest BCUT2D eigenvalue weighted by molar-refractivity contribution is 7.71. The lowest BCUT2D eigenvalue weighted by Gasteiger charge is -2.24. The maximum absolute atomic E-state index is 13.7. The fraction of sp³-hybridized carbons (Fsp3) is 0.391. The van der Waals surface area contributed by atoms with E-state index in [1.807, 2.05) is 0 Å². The third-order valence-electron chi connectivity index (χ3n) is 6.12. The van der Waals surface area contributed by atoms with Gasteiger partial charge in [0, 0.05) is 38.3 Å². The number of benzene rings is 1. The molecule has 0 atom stereocenters. The molecular formula is C23H27N5O6S2. The van der Waals surface area contributed by atoms with E-state index in [9.17, 15) is 29.9 Å². The van der Waals surface area contributed by atoms with Crippen molar-refractivity contribution in [1.29, 1.82) is 0 Å². The minimum absolute atomic E-state index is 0.0868. The van der Waals surface area contributed by atoms with Crippen LogP contribution in [0, 0.1) is 19.7 Å². The summed E-state index contributed by atoms with van der Waals surface area (Å²) >= 11 is 10.8. The predicted molar refractivity (Wildman–Crippen MR) is 139 cm³/mol. The van der Waals surface area contributed by atoms with E-state index >= 15 is 0 Å². The zero-order valence-electron chi connectivity index (χ0n) is 20.3. The average Bonchev–Trinajstić information content (AvgIpc) is 2.84. The van der Waals surface area contributed by atoms with E-state index in [2.05, 4.69) is 0 Å². The zero-order valence-corrected chi connectivity index (χ0v) is 21.9. The number of hydrogen-bond donors (Lipinski definition) is 2. The Balaban J connectivity index is 2.65. The minimum Gasteiger partial charge on any atom is -0.494 e. The highest BCUT2D eigenvalue weighted by Crippen LogP contribution is 2.38. The van der Waals surface area contributed by atoms with Crippen LogP contribution in [0.4, 0.5) is 5.69 Å². The number of aromatic hydroxyl groups is 2. The highest BCUT2D eigenvalue weighted by atomic mass is 32.1. The van der Waals surface area contributed by atoms with Crippen LogP contribution in [0.25, 0.3) is 0 Å². The Bertz CT molecular complexity index is 1490. The summed E-state index contributed by atoms with van der Waals surface area (Å²) in [6.07, 6.45) is 0. The first-order valence-electron chi connectivity index (χ1n) is 11.4. The molecule has 0 bridgehead atoms. The van der Waals surface area contributed by atoms with Crippen LogP contribution >= 0.6 is 24.4 Å². The lowest BCUT2D eigenvalue weighted by atomic mass is 9.86. The minimum atomic E-state index is -1.36. The first-order chi connectivity index (χ1) is 17.0. The number of nitro groups is 1. The molecule has 0 aliphatic heterocycles. The number of non-ortho nitro benzene ring substituents is 1. The third kappa shape index (κ3) is 4.28. The number of hydrogen-bond acceptors (Lipinski definition) is 8. The molecule has 0 unspecified atom stereocenters. The van der Waals surface area contributed by atoms with Gasteiger partial charge in [-0.1, -0.05) is 12.1 Å². The maximum atomic E-state index is 13.7. The highest BCUT2D eigenvalue weighted by Gasteiger charge is 2.34. The van der Waals surface area contributed by atoms with Gasteiger partial charge in [-0.25, -0.2) is 0 Å². The number of rotatable bonds is 8. The van der Waals surface area contributed by atoms with Crippen molar-refractivity contribution in [3.63, 3.8) is 0 Å². The van der Waals surface area contributed by atoms with Crippen molar-refractivity contribution in [2.45, 2.75) is 59.8 Å². The standard InChI is InChI=1S/C23H27N5O6S2/c1-5-24-18(29)16(19(30)25(6-2)22(24)35)15(13-10-9-11-14(12-13)28(33)34)17-20(31)26(7-3)23(36)27(8-4)21(17)32/h9-12,15,29,31H,5-8H2,1-4H3. The van der Waals surface area contributed by atoms with E-state index in [-0.39, 0.29) is 58.1 Å². The lowest BCUT2D eigenvalue weighted by Crippen LogP contribution is -2.34. The molecule has 3 aromatic rings.